The summed E-state index contributed by atoms with van der Waals surface area (Å²) < 4.78 is 6.60. The molecular weight excluding hydrogens is 298 g/mol. The molecule has 6 atom stereocenters. The molecule has 0 aromatic heterocycles. The summed E-state index contributed by atoms with van der Waals surface area (Å²) in [6, 6.07) is 7.09. The van der Waals surface area contributed by atoms with Crippen LogP contribution in [0.5, 0.6) is 5.75 Å². The standard InChI is InChI=1S/C21H23NO2/c1-12(23)15-11-20-7-6-14(15)19-21(20)8-9-22(2)17(20)10-13-4-3-5-16(24-19)18(13)21/h3-7,14-15,17,19H,8-11H2,1-2H3/t14?,15?,17-,19+,20?,21+/m1/s1. The van der Waals surface area contributed by atoms with Gasteiger partial charge in [-0.25, -0.2) is 0 Å². The highest BCUT2D eigenvalue weighted by Crippen LogP contribution is 2.72. The zero-order valence-corrected chi connectivity index (χ0v) is 14.3. The first-order valence-electron chi connectivity index (χ1n) is 9.27. The van der Waals surface area contributed by atoms with Gasteiger partial charge in [-0.1, -0.05) is 24.3 Å². The fourth-order valence-electron chi connectivity index (χ4n) is 7.17. The molecule has 2 fully saturated rings. The fourth-order valence-corrected chi connectivity index (χ4v) is 7.17. The Morgan fingerprint density at radius 3 is 3.08 bits per heavy atom. The van der Waals surface area contributed by atoms with Gasteiger partial charge in [0.15, 0.2) is 0 Å². The normalized spacial score (nSPS) is 46.6. The van der Waals surface area contributed by atoms with Crippen molar-refractivity contribution in [2.24, 2.45) is 17.3 Å². The minimum Gasteiger partial charge on any atom is -0.489 e. The Labute approximate surface area is 142 Å². The molecule has 1 aromatic rings. The number of benzene rings is 1. The first-order valence-corrected chi connectivity index (χ1v) is 9.27. The molecule has 3 nitrogen and oxygen atoms in total. The number of likely N-dealkylation sites (tertiary alicyclic amines) is 1. The minimum atomic E-state index is 0.0648. The SMILES string of the molecule is CC(=O)C1CC23C=CC1[C@@H]1Oc4cccc5c4[C@@]12CCN(C)[C@@H]3C5. The molecule has 3 heteroatoms. The van der Waals surface area contributed by atoms with Crippen molar-refractivity contribution in [2.45, 2.75) is 43.7 Å². The molecule has 0 N–H and O–H groups in total. The van der Waals surface area contributed by atoms with Crippen LogP contribution in [-0.2, 0) is 16.6 Å². The molecule has 1 saturated carbocycles. The Morgan fingerprint density at radius 2 is 2.25 bits per heavy atom. The third kappa shape index (κ3) is 1.19. The van der Waals surface area contributed by atoms with E-state index in [0.717, 1.165) is 31.6 Å². The summed E-state index contributed by atoms with van der Waals surface area (Å²) in [6.07, 6.45) is 8.23. The van der Waals surface area contributed by atoms with Gasteiger partial charge in [0.1, 0.15) is 17.6 Å². The number of likely N-dealkylation sites (N-methyl/N-ethyl adjacent to an activating group) is 1. The van der Waals surface area contributed by atoms with Gasteiger partial charge in [0.25, 0.3) is 0 Å². The average molecular weight is 321 g/mol. The quantitative estimate of drug-likeness (QED) is 0.745. The van der Waals surface area contributed by atoms with Crippen LogP contribution >= 0.6 is 0 Å². The fraction of sp³-hybridized carbons (Fsp3) is 0.571. The van der Waals surface area contributed by atoms with Crippen LogP contribution in [0.1, 0.15) is 30.9 Å². The summed E-state index contributed by atoms with van der Waals surface area (Å²) >= 11 is 0. The first kappa shape index (κ1) is 13.7. The summed E-state index contributed by atoms with van der Waals surface area (Å²) in [7, 11) is 2.27. The molecule has 0 radical (unpaired) electrons. The highest BCUT2D eigenvalue weighted by molar-refractivity contribution is 5.80. The van der Waals surface area contributed by atoms with Gasteiger partial charge < -0.3 is 9.64 Å². The van der Waals surface area contributed by atoms with Crippen molar-refractivity contribution in [3.8, 4) is 5.75 Å². The zero-order valence-electron chi connectivity index (χ0n) is 14.3. The average Bonchev–Trinajstić information content (AvgIpc) is 2.93. The van der Waals surface area contributed by atoms with Crippen molar-refractivity contribution in [1.29, 1.82) is 0 Å². The van der Waals surface area contributed by atoms with E-state index in [2.05, 4.69) is 42.3 Å². The predicted octanol–water partition coefficient (Wildman–Crippen LogP) is 2.73. The van der Waals surface area contributed by atoms with Crippen molar-refractivity contribution in [3.63, 3.8) is 0 Å². The molecule has 7 rings (SSSR count). The monoisotopic (exact) mass is 321 g/mol. The minimum absolute atomic E-state index is 0.0648. The van der Waals surface area contributed by atoms with E-state index in [1.807, 2.05) is 0 Å². The van der Waals surface area contributed by atoms with Crippen LogP contribution in [0, 0.1) is 17.3 Å². The second kappa shape index (κ2) is 3.96. The highest BCUT2D eigenvalue weighted by Gasteiger charge is 2.74. The van der Waals surface area contributed by atoms with Gasteiger partial charge in [0.05, 0.1) is 0 Å². The summed E-state index contributed by atoms with van der Waals surface area (Å²) in [5, 5.41) is 0. The lowest BCUT2D eigenvalue weighted by molar-refractivity contribution is -0.150. The van der Waals surface area contributed by atoms with Crippen LogP contribution in [0.25, 0.3) is 0 Å². The number of hydrogen-bond donors (Lipinski definition) is 0. The van der Waals surface area contributed by atoms with Gasteiger partial charge in [-0.15, -0.1) is 0 Å². The van der Waals surface area contributed by atoms with E-state index in [9.17, 15) is 4.79 Å². The lowest BCUT2D eigenvalue weighted by Gasteiger charge is -2.68. The number of rotatable bonds is 1. The van der Waals surface area contributed by atoms with Gasteiger partial charge in [0, 0.05) is 34.3 Å². The smallest absolute Gasteiger partial charge is 0.133 e. The Hall–Kier alpha value is -1.61. The molecular formula is C21H23NO2. The molecule has 0 amide bonds. The molecule has 2 spiro atoms. The van der Waals surface area contributed by atoms with Gasteiger partial charge in [-0.05, 0) is 51.4 Å². The second-order valence-corrected chi connectivity index (χ2v) is 8.65. The molecule has 6 aliphatic rings. The van der Waals surface area contributed by atoms with E-state index in [-0.39, 0.29) is 28.8 Å². The van der Waals surface area contributed by atoms with E-state index < -0.39 is 0 Å². The Kier molecular flexibility index (Phi) is 2.25. The number of Topliss-reactive ketones (excluding diaryl/α,β-unsaturated/α-hetero) is 1. The maximum absolute atomic E-state index is 12.4. The third-order valence-electron chi connectivity index (χ3n) is 8.04. The summed E-state index contributed by atoms with van der Waals surface area (Å²) in [4.78, 5) is 15.0. The Balaban J connectivity index is 1.69. The number of carbonyl (C=O) groups is 1. The molecule has 2 heterocycles. The van der Waals surface area contributed by atoms with E-state index in [1.54, 1.807) is 6.92 Å². The molecule has 3 unspecified atom stereocenters. The topological polar surface area (TPSA) is 29.5 Å². The third-order valence-corrected chi connectivity index (χ3v) is 8.04. The van der Waals surface area contributed by atoms with E-state index in [4.69, 9.17) is 4.74 Å². The largest absolute Gasteiger partial charge is 0.489 e. The summed E-state index contributed by atoms with van der Waals surface area (Å²) in [6.45, 7) is 2.91. The van der Waals surface area contributed by atoms with E-state index >= 15 is 0 Å². The number of piperidine rings is 1. The predicted molar refractivity (Wildman–Crippen MR) is 91.1 cm³/mol. The lowest BCUT2D eigenvalue weighted by Crippen LogP contribution is -2.74. The van der Waals surface area contributed by atoms with Gasteiger partial charge in [-0.3, -0.25) is 4.79 Å². The molecule has 1 saturated heterocycles. The van der Waals surface area contributed by atoms with Crippen LogP contribution in [0.15, 0.2) is 30.4 Å². The second-order valence-electron chi connectivity index (χ2n) is 8.65. The van der Waals surface area contributed by atoms with Crippen LogP contribution in [0.3, 0.4) is 0 Å². The van der Waals surface area contributed by atoms with E-state index in [0.29, 0.717) is 11.8 Å². The van der Waals surface area contributed by atoms with Crippen LogP contribution < -0.4 is 4.74 Å². The lowest BCUT2D eigenvalue weighted by atomic mass is 9.38. The first-order chi connectivity index (χ1) is 11.6. The van der Waals surface area contributed by atoms with Crippen molar-refractivity contribution in [2.75, 3.05) is 13.6 Å². The number of fused-ring (bicyclic) bond motifs is 1. The summed E-state index contributed by atoms with van der Waals surface area (Å²) in [5.41, 5.74) is 3.14. The van der Waals surface area contributed by atoms with Crippen LogP contribution in [-0.4, -0.2) is 36.4 Å². The van der Waals surface area contributed by atoms with Crippen molar-refractivity contribution >= 4 is 5.78 Å². The van der Waals surface area contributed by atoms with Crippen LogP contribution in [0.4, 0.5) is 0 Å². The van der Waals surface area contributed by atoms with E-state index in [1.165, 1.54) is 11.1 Å². The molecule has 4 bridgehead atoms. The number of ether oxygens (including phenoxy) is 1. The Morgan fingerprint density at radius 1 is 1.38 bits per heavy atom. The molecule has 2 aliphatic heterocycles. The number of ketones is 1. The highest BCUT2D eigenvalue weighted by atomic mass is 16.5. The number of nitrogens with zero attached hydrogens (tertiary/aromatic N) is 1. The Bertz CT molecular complexity index is 814. The van der Waals surface area contributed by atoms with Gasteiger partial charge >= 0.3 is 0 Å². The molecule has 24 heavy (non-hydrogen) atoms. The van der Waals surface area contributed by atoms with Gasteiger partial charge in [-0.2, -0.15) is 0 Å². The van der Waals surface area contributed by atoms with Crippen molar-refractivity contribution in [3.05, 3.63) is 41.5 Å². The molecule has 4 aliphatic carbocycles. The molecule has 124 valence electrons. The summed E-state index contributed by atoms with van der Waals surface area (Å²) in [5.74, 6) is 1.80. The number of hydrogen-bond acceptors (Lipinski definition) is 3. The van der Waals surface area contributed by atoms with Crippen molar-refractivity contribution < 1.29 is 9.53 Å². The number of carbonyl (C=O) groups excluding carboxylic acids is 1. The maximum atomic E-state index is 12.4. The van der Waals surface area contributed by atoms with Crippen molar-refractivity contribution in [1.82, 2.24) is 4.90 Å². The maximum Gasteiger partial charge on any atom is 0.133 e. The van der Waals surface area contributed by atoms with Gasteiger partial charge in [0.2, 0.25) is 0 Å². The zero-order chi connectivity index (χ0) is 16.3. The molecule has 1 aromatic carbocycles. The van der Waals surface area contributed by atoms with Crippen LogP contribution in [0.2, 0.25) is 0 Å².